The van der Waals surface area contributed by atoms with Crippen molar-refractivity contribution in [3.63, 3.8) is 0 Å². The van der Waals surface area contributed by atoms with E-state index < -0.39 is 0 Å². The molecule has 7 heteroatoms. The quantitative estimate of drug-likeness (QED) is 0.777. The first kappa shape index (κ1) is 17.5. The molecule has 0 radical (unpaired) electrons. The van der Waals surface area contributed by atoms with Crippen LogP contribution in [0, 0.1) is 0 Å². The fraction of sp³-hybridized carbons (Fsp3) is 0.750. The third-order valence-corrected chi connectivity index (χ3v) is 6.66. The maximum Gasteiger partial charge on any atom is 0.505 e. The van der Waals surface area contributed by atoms with E-state index in [9.17, 15) is 0 Å². The molecule has 2 fully saturated rings. The molecule has 2 saturated heterocycles. The largest absolute Gasteiger partial charge is 0.505 e. The minimum absolute atomic E-state index is 0.352. The second kappa shape index (κ2) is 5.08. The SMILES string of the molecule is CC1(C)OB(c2ccsc2B2OC(C)(C)C(C)(C)O2)OC1(C)C. The molecule has 0 atom stereocenters. The third kappa shape index (κ3) is 2.71. The van der Waals surface area contributed by atoms with Crippen molar-refractivity contribution in [1.82, 2.24) is 0 Å². The molecule has 0 aliphatic carbocycles. The second-order valence-electron chi connectivity index (χ2n) is 8.42. The Morgan fingerprint density at radius 2 is 1.09 bits per heavy atom. The topological polar surface area (TPSA) is 36.9 Å². The van der Waals surface area contributed by atoms with Crippen LogP contribution in [0.3, 0.4) is 0 Å². The zero-order valence-corrected chi connectivity index (χ0v) is 16.2. The van der Waals surface area contributed by atoms with E-state index in [-0.39, 0.29) is 36.6 Å². The van der Waals surface area contributed by atoms with Crippen LogP contribution in [0.2, 0.25) is 0 Å². The Hall–Kier alpha value is -0.330. The van der Waals surface area contributed by atoms with E-state index in [0.29, 0.717) is 0 Å². The van der Waals surface area contributed by atoms with Gasteiger partial charge in [-0.25, -0.2) is 0 Å². The summed E-state index contributed by atoms with van der Waals surface area (Å²) in [6.45, 7) is 16.5. The van der Waals surface area contributed by atoms with Gasteiger partial charge in [-0.2, -0.15) is 11.3 Å². The molecule has 0 saturated carbocycles. The zero-order chi connectivity index (χ0) is 17.3. The molecule has 0 unspecified atom stereocenters. The van der Waals surface area contributed by atoms with Gasteiger partial charge < -0.3 is 18.6 Å². The Kier molecular flexibility index (Phi) is 3.87. The highest BCUT2D eigenvalue weighted by Gasteiger charge is 2.56. The smallest absolute Gasteiger partial charge is 0.399 e. The van der Waals surface area contributed by atoms with Crippen molar-refractivity contribution in [3.8, 4) is 0 Å². The average molecular weight is 336 g/mol. The van der Waals surface area contributed by atoms with Crippen LogP contribution in [0.1, 0.15) is 55.4 Å². The van der Waals surface area contributed by atoms with Gasteiger partial charge in [-0.3, -0.25) is 0 Å². The number of hydrogen-bond donors (Lipinski definition) is 0. The molecule has 126 valence electrons. The Labute approximate surface area is 144 Å². The molecule has 2 aliphatic rings. The molecule has 1 aromatic heterocycles. The van der Waals surface area contributed by atoms with Crippen LogP contribution in [0.5, 0.6) is 0 Å². The second-order valence-corrected chi connectivity index (χ2v) is 9.36. The number of thiophene rings is 1. The summed E-state index contributed by atoms with van der Waals surface area (Å²) in [6, 6.07) is 2.05. The molecular weight excluding hydrogens is 310 g/mol. The van der Waals surface area contributed by atoms with Gasteiger partial charge in [-0.15, -0.1) is 0 Å². The molecule has 3 heterocycles. The van der Waals surface area contributed by atoms with Gasteiger partial charge in [0.25, 0.3) is 0 Å². The summed E-state index contributed by atoms with van der Waals surface area (Å²) in [5.41, 5.74) is -0.407. The lowest BCUT2D eigenvalue weighted by Crippen LogP contribution is -2.49. The van der Waals surface area contributed by atoms with E-state index in [1.54, 1.807) is 11.3 Å². The van der Waals surface area contributed by atoms with Crippen molar-refractivity contribution < 1.29 is 18.6 Å². The summed E-state index contributed by atoms with van der Waals surface area (Å²) >= 11 is 1.63. The van der Waals surface area contributed by atoms with E-state index in [0.717, 1.165) is 10.2 Å². The minimum Gasteiger partial charge on any atom is -0.399 e. The molecule has 1 aromatic rings. The van der Waals surface area contributed by atoms with Crippen molar-refractivity contribution in [2.75, 3.05) is 0 Å². The Morgan fingerprint density at radius 1 is 0.696 bits per heavy atom. The lowest BCUT2D eigenvalue weighted by molar-refractivity contribution is 0.00578. The zero-order valence-electron chi connectivity index (χ0n) is 15.4. The molecule has 3 rings (SSSR count). The molecular formula is C16H26B2O4S. The first-order chi connectivity index (χ1) is 10.4. The highest BCUT2D eigenvalue weighted by molar-refractivity contribution is 7.22. The fourth-order valence-electron chi connectivity index (χ4n) is 2.64. The predicted molar refractivity (Wildman–Crippen MR) is 95.8 cm³/mol. The van der Waals surface area contributed by atoms with Crippen LogP contribution < -0.4 is 10.2 Å². The van der Waals surface area contributed by atoms with Gasteiger partial charge in [0.15, 0.2) is 0 Å². The van der Waals surface area contributed by atoms with Crippen molar-refractivity contribution in [1.29, 1.82) is 0 Å². The monoisotopic (exact) mass is 336 g/mol. The first-order valence-electron chi connectivity index (χ1n) is 8.15. The Bertz CT molecular complexity index is 526. The molecule has 0 N–H and O–H groups in total. The van der Waals surface area contributed by atoms with Crippen LogP contribution in [0.25, 0.3) is 0 Å². The van der Waals surface area contributed by atoms with Crippen LogP contribution in [0.4, 0.5) is 0 Å². The fourth-order valence-corrected chi connectivity index (χ4v) is 3.51. The van der Waals surface area contributed by atoms with Crippen LogP contribution in [-0.2, 0) is 18.6 Å². The van der Waals surface area contributed by atoms with Crippen LogP contribution in [0.15, 0.2) is 11.4 Å². The number of hydrogen-bond acceptors (Lipinski definition) is 5. The standard InChI is InChI=1S/C16H26B2O4S/c1-13(2)14(3,4)20-17(19-13)11-9-10-23-12(11)18-21-15(5,6)16(7,8)22-18/h9-10H,1-8H3. The van der Waals surface area contributed by atoms with Crippen molar-refractivity contribution >= 4 is 35.8 Å². The van der Waals surface area contributed by atoms with Crippen LogP contribution in [-0.4, -0.2) is 36.6 Å². The summed E-state index contributed by atoms with van der Waals surface area (Å²) in [5, 5.41) is 2.04. The Morgan fingerprint density at radius 3 is 1.52 bits per heavy atom. The van der Waals surface area contributed by atoms with Gasteiger partial charge in [-0.05, 0) is 66.2 Å². The van der Waals surface area contributed by atoms with Gasteiger partial charge in [0.05, 0.1) is 22.4 Å². The Balaban J connectivity index is 1.88. The predicted octanol–water partition coefficient (Wildman–Crippen LogP) is 2.35. The summed E-state index contributed by atoms with van der Waals surface area (Å²) in [5.74, 6) is 0. The van der Waals surface area contributed by atoms with Gasteiger partial charge in [0.2, 0.25) is 0 Å². The highest BCUT2D eigenvalue weighted by Crippen LogP contribution is 2.38. The molecule has 0 bridgehead atoms. The molecule has 0 spiro atoms. The number of rotatable bonds is 2. The lowest BCUT2D eigenvalue weighted by Gasteiger charge is -2.32. The molecule has 2 aliphatic heterocycles. The average Bonchev–Trinajstić information content (AvgIpc) is 2.96. The first-order valence-corrected chi connectivity index (χ1v) is 9.03. The molecule has 0 amide bonds. The van der Waals surface area contributed by atoms with Gasteiger partial charge in [-0.1, -0.05) is 6.07 Å². The summed E-state index contributed by atoms with van der Waals surface area (Å²) in [6.07, 6.45) is 0. The van der Waals surface area contributed by atoms with Gasteiger partial charge >= 0.3 is 14.2 Å². The third-order valence-electron chi connectivity index (χ3n) is 5.70. The van der Waals surface area contributed by atoms with Crippen molar-refractivity contribution in [2.45, 2.75) is 77.8 Å². The van der Waals surface area contributed by atoms with Gasteiger partial charge in [0, 0.05) is 4.78 Å². The molecule has 4 nitrogen and oxygen atoms in total. The summed E-state index contributed by atoms with van der Waals surface area (Å²) in [4.78, 5) is 0. The summed E-state index contributed by atoms with van der Waals surface area (Å²) in [7, 11) is -0.769. The van der Waals surface area contributed by atoms with Crippen molar-refractivity contribution in [3.05, 3.63) is 11.4 Å². The van der Waals surface area contributed by atoms with Crippen molar-refractivity contribution in [2.24, 2.45) is 0 Å². The van der Waals surface area contributed by atoms with E-state index in [1.807, 2.05) is 11.4 Å². The van der Waals surface area contributed by atoms with E-state index in [2.05, 4.69) is 55.4 Å². The molecule has 23 heavy (non-hydrogen) atoms. The van der Waals surface area contributed by atoms with Gasteiger partial charge in [0.1, 0.15) is 0 Å². The highest BCUT2D eigenvalue weighted by atomic mass is 32.1. The van der Waals surface area contributed by atoms with Crippen LogP contribution >= 0.6 is 11.3 Å². The normalized spacial score (nSPS) is 27.7. The minimum atomic E-state index is -0.389. The maximum absolute atomic E-state index is 6.19. The summed E-state index contributed by atoms with van der Waals surface area (Å²) < 4.78 is 25.8. The molecule has 0 aromatic carbocycles. The lowest BCUT2D eigenvalue weighted by atomic mass is 9.70. The van der Waals surface area contributed by atoms with E-state index in [1.165, 1.54) is 0 Å². The van der Waals surface area contributed by atoms with E-state index in [4.69, 9.17) is 18.6 Å². The maximum atomic E-state index is 6.19. The van der Waals surface area contributed by atoms with E-state index >= 15 is 0 Å².